The molecule has 1 aliphatic carbocycles. The number of thiazole rings is 1. The summed E-state index contributed by atoms with van der Waals surface area (Å²) < 4.78 is 0. The van der Waals surface area contributed by atoms with Gasteiger partial charge in [-0.05, 0) is 44.4 Å². The Kier molecular flexibility index (Phi) is 5.19. The van der Waals surface area contributed by atoms with Crippen molar-refractivity contribution in [2.75, 3.05) is 10.3 Å². The summed E-state index contributed by atoms with van der Waals surface area (Å²) in [4.78, 5) is 43.6. The predicted molar refractivity (Wildman–Crippen MR) is 112 cm³/mol. The van der Waals surface area contributed by atoms with Crippen LogP contribution in [0.25, 0.3) is 0 Å². The van der Waals surface area contributed by atoms with Crippen LogP contribution < -0.4 is 15.8 Å². The molecule has 1 fully saturated rings. The minimum atomic E-state index is -0.364. The maximum absolute atomic E-state index is 12.9. The van der Waals surface area contributed by atoms with Crippen molar-refractivity contribution in [2.45, 2.75) is 33.1 Å². The second-order valence-corrected chi connectivity index (χ2v) is 8.39. The normalized spacial score (nSPS) is 21.0. The molecule has 1 aromatic heterocycles. The fraction of sp³-hybridized carbons (Fsp3) is 0.333. The van der Waals surface area contributed by atoms with Gasteiger partial charge in [-0.25, -0.2) is 9.99 Å². The van der Waals surface area contributed by atoms with E-state index in [1.54, 1.807) is 24.3 Å². The van der Waals surface area contributed by atoms with Crippen LogP contribution in [-0.2, 0) is 16.0 Å². The minimum absolute atomic E-state index is 0.153. The molecule has 1 saturated heterocycles. The molecule has 0 spiro atoms. The van der Waals surface area contributed by atoms with Gasteiger partial charge in [0.15, 0.2) is 5.13 Å². The smallest absolute Gasteiger partial charge is 0.257 e. The molecule has 3 amide bonds. The van der Waals surface area contributed by atoms with Gasteiger partial charge in [0.25, 0.3) is 5.91 Å². The Morgan fingerprint density at radius 3 is 2.76 bits per heavy atom. The Labute approximate surface area is 172 Å². The molecular weight excluding hydrogens is 388 g/mol. The summed E-state index contributed by atoms with van der Waals surface area (Å²) in [6.07, 6.45) is 5.82. The average Bonchev–Trinajstić information content (AvgIpc) is 3.09. The van der Waals surface area contributed by atoms with Gasteiger partial charge in [-0.2, -0.15) is 0 Å². The Hall–Kier alpha value is -3.00. The lowest BCUT2D eigenvalue weighted by atomic mass is 9.80. The molecule has 0 radical (unpaired) electrons. The van der Waals surface area contributed by atoms with Crippen molar-refractivity contribution in [3.63, 3.8) is 0 Å². The second kappa shape index (κ2) is 7.79. The molecule has 1 aromatic carbocycles. The summed E-state index contributed by atoms with van der Waals surface area (Å²) in [5, 5.41) is 4.63. The number of carbonyl (C=O) groups is 3. The van der Waals surface area contributed by atoms with Crippen LogP contribution in [0.15, 0.2) is 36.4 Å². The van der Waals surface area contributed by atoms with E-state index in [1.165, 1.54) is 16.3 Å². The third kappa shape index (κ3) is 3.67. The maximum atomic E-state index is 12.9. The van der Waals surface area contributed by atoms with Crippen molar-refractivity contribution in [1.29, 1.82) is 0 Å². The van der Waals surface area contributed by atoms with Crippen molar-refractivity contribution in [2.24, 2.45) is 11.8 Å². The molecule has 29 heavy (non-hydrogen) atoms. The van der Waals surface area contributed by atoms with Crippen molar-refractivity contribution >= 4 is 39.9 Å². The SMILES string of the molecule is CCc1nc(NC(=O)c2cccc(N3NC(=O)[C@H]4CC=CC[C@@H]4C3=O)c2)sc1C. The van der Waals surface area contributed by atoms with Crippen LogP contribution in [0.3, 0.4) is 0 Å². The topological polar surface area (TPSA) is 91.4 Å². The Bertz CT molecular complexity index is 1010. The van der Waals surface area contributed by atoms with Crippen molar-refractivity contribution < 1.29 is 14.4 Å². The lowest BCUT2D eigenvalue weighted by Crippen LogP contribution is -2.59. The summed E-state index contributed by atoms with van der Waals surface area (Å²) in [5.41, 5.74) is 4.51. The zero-order chi connectivity index (χ0) is 20.5. The zero-order valence-electron chi connectivity index (χ0n) is 16.3. The van der Waals surface area contributed by atoms with E-state index in [2.05, 4.69) is 15.7 Å². The first-order chi connectivity index (χ1) is 14.0. The molecule has 2 aliphatic rings. The monoisotopic (exact) mass is 410 g/mol. The number of benzene rings is 1. The highest BCUT2D eigenvalue weighted by Gasteiger charge is 2.42. The molecule has 4 rings (SSSR count). The first-order valence-corrected chi connectivity index (χ1v) is 10.5. The number of rotatable bonds is 4. The van der Waals surface area contributed by atoms with Crippen LogP contribution in [-0.4, -0.2) is 22.7 Å². The van der Waals surface area contributed by atoms with Gasteiger partial charge in [-0.1, -0.05) is 25.1 Å². The van der Waals surface area contributed by atoms with Crippen LogP contribution >= 0.6 is 11.3 Å². The Morgan fingerprint density at radius 2 is 2.03 bits per heavy atom. The second-order valence-electron chi connectivity index (χ2n) is 7.19. The Morgan fingerprint density at radius 1 is 1.28 bits per heavy atom. The number of hydrazine groups is 1. The van der Waals surface area contributed by atoms with Gasteiger partial charge in [-0.15, -0.1) is 11.3 Å². The van der Waals surface area contributed by atoms with E-state index in [-0.39, 0.29) is 29.6 Å². The van der Waals surface area contributed by atoms with Crippen molar-refractivity contribution in [3.8, 4) is 0 Å². The first kappa shape index (κ1) is 19.3. The fourth-order valence-corrected chi connectivity index (χ4v) is 4.65. The molecule has 8 heteroatoms. The standard InChI is InChI=1S/C21H22N4O3S/c1-3-17-12(2)29-21(22-17)23-18(26)13-7-6-8-14(11-13)25-20(28)16-10-5-4-9-15(16)19(27)24-25/h4-8,11,15-16H,3,9-10H2,1-2H3,(H,24,27)(H,22,23,26)/t15-,16-/m0/s1. The summed E-state index contributed by atoms with van der Waals surface area (Å²) in [6, 6.07) is 6.67. The molecule has 7 nitrogen and oxygen atoms in total. The third-order valence-electron chi connectivity index (χ3n) is 5.34. The largest absolute Gasteiger partial charge is 0.298 e. The number of nitrogens with one attached hydrogen (secondary N) is 2. The van der Waals surface area contributed by atoms with Crippen LogP contribution in [0.1, 0.15) is 40.7 Å². The van der Waals surface area contributed by atoms with Gasteiger partial charge in [0.1, 0.15) is 0 Å². The molecular formula is C21H22N4O3S. The molecule has 2 N–H and O–H groups in total. The Balaban J connectivity index is 1.55. The highest BCUT2D eigenvalue weighted by molar-refractivity contribution is 7.15. The number of hydrogen-bond acceptors (Lipinski definition) is 5. The lowest BCUT2D eigenvalue weighted by molar-refractivity contribution is -0.139. The average molecular weight is 410 g/mol. The molecule has 2 aromatic rings. The summed E-state index contributed by atoms with van der Waals surface area (Å²) in [7, 11) is 0. The van der Waals surface area contributed by atoms with Gasteiger partial charge in [0.2, 0.25) is 11.8 Å². The highest BCUT2D eigenvalue weighted by Crippen LogP contribution is 2.32. The molecule has 0 bridgehead atoms. The molecule has 2 atom stereocenters. The predicted octanol–water partition coefficient (Wildman–Crippen LogP) is 3.23. The number of anilines is 2. The molecule has 0 saturated carbocycles. The first-order valence-electron chi connectivity index (χ1n) is 9.65. The zero-order valence-corrected chi connectivity index (χ0v) is 17.1. The van der Waals surface area contributed by atoms with Crippen molar-refractivity contribution in [3.05, 3.63) is 52.6 Å². The molecule has 2 heterocycles. The number of aryl methyl sites for hydroxylation is 2. The van der Waals surface area contributed by atoms with E-state index in [4.69, 9.17) is 0 Å². The van der Waals surface area contributed by atoms with Crippen LogP contribution in [0.2, 0.25) is 0 Å². The fourth-order valence-electron chi connectivity index (χ4n) is 3.75. The van der Waals surface area contributed by atoms with Gasteiger partial charge in [0.05, 0.1) is 23.2 Å². The molecule has 0 unspecified atom stereocenters. The minimum Gasteiger partial charge on any atom is -0.298 e. The van der Waals surface area contributed by atoms with Crippen LogP contribution in [0.4, 0.5) is 10.8 Å². The van der Waals surface area contributed by atoms with E-state index in [0.29, 0.717) is 29.2 Å². The summed E-state index contributed by atoms with van der Waals surface area (Å²) in [6.45, 7) is 4.00. The summed E-state index contributed by atoms with van der Waals surface area (Å²) >= 11 is 1.44. The van der Waals surface area contributed by atoms with E-state index >= 15 is 0 Å². The number of nitrogens with zero attached hydrogens (tertiary/aromatic N) is 2. The number of fused-ring (bicyclic) bond motifs is 1. The molecule has 1 aliphatic heterocycles. The number of allylic oxidation sites excluding steroid dienone is 2. The number of aromatic nitrogens is 1. The van der Waals surface area contributed by atoms with Crippen LogP contribution in [0, 0.1) is 18.8 Å². The quantitative estimate of drug-likeness (QED) is 0.757. The third-order valence-corrected chi connectivity index (χ3v) is 6.27. The van der Waals surface area contributed by atoms with Gasteiger partial charge < -0.3 is 0 Å². The van der Waals surface area contributed by atoms with Gasteiger partial charge in [-0.3, -0.25) is 25.1 Å². The van der Waals surface area contributed by atoms with E-state index in [0.717, 1.165) is 17.0 Å². The summed E-state index contributed by atoms with van der Waals surface area (Å²) in [5.74, 6) is -1.32. The van der Waals surface area contributed by atoms with E-state index in [1.807, 2.05) is 26.0 Å². The van der Waals surface area contributed by atoms with Crippen LogP contribution in [0.5, 0.6) is 0 Å². The van der Waals surface area contributed by atoms with Gasteiger partial charge >= 0.3 is 0 Å². The number of carbonyl (C=O) groups excluding carboxylic acids is 3. The van der Waals surface area contributed by atoms with Crippen molar-refractivity contribution in [1.82, 2.24) is 10.4 Å². The number of amides is 3. The number of hydrogen-bond donors (Lipinski definition) is 2. The lowest BCUT2D eigenvalue weighted by Gasteiger charge is -2.38. The van der Waals surface area contributed by atoms with Gasteiger partial charge in [0, 0.05) is 10.4 Å². The highest BCUT2D eigenvalue weighted by atomic mass is 32.1. The maximum Gasteiger partial charge on any atom is 0.257 e. The van der Waals surface area contributed by atoms with E-state index < -0.39 is 0 Å². The van der Waals surface area contributed by atoms with E-state index in [9.17, 15) is 14.4 Å². The molecule has 150 valence electrons.